The van der Waals surface area contributed by atoms with Gasteiger partial charge in [-0.2, -0.15) is 0 Å². The Kier molecular flexibility index (Phi) is 1.75. The topological polar surface area (TPSA) is 42.2 Å². The van der Waals surface area contributed by atoms with E-state index in [1.165, 1.54) is 0 Å². The van der Waals surface area contributed by atoms with Crippen molar-refractivity contribution in [3.8, 4) is 0 Å². The second-order valence-electron chi connectivity index (χ2n) is 2.60. The second kappa shape index (κ2) is 2.91. The predicted molar refractivity (Wildman–Crippen MR) is 45.8 cm³/mol. The average molecular weight is 162 g/mol. The van der Waals surface area contributed by atoms with Crippen molar-refractivity contribution in [2.24, 2.45) is 0 Å². The van der Waals surface area contributed by atoms with Crippen LogP contribution in [-0.4, -0.2) is 21.4 Å². The van der Waals surface area contributed by atoms with Crippen molar-refractivity contribution >= 4 is 5.65 Å². The van der Waals surface area contributed by atoms with Crippen molar-refractivity contribution < 1.29 is 0 Å². The normalized spacial score (nSPS) is 10.8. The van der Waals surface area contributed by atoms with Gasteiger partial charge in [-0.05, 0) is 7.05 Å². The van der Waals surface area contributed by atoms with Gasteiger partial charge in [-0.15, -0.1) is 0 Å². The molecule has 12 heavy (non-hydrogen) atoms. The summed E-state index contributed by atoms with van der Waals surface area (Å²) in [5.41, 5.74) is 1.92. The molecule has 0 fully saturated rings. The van der Waals surface area contributed by atoms with Gasteiger partial charge in [0.1, 0.15) is 0 Å². The highest BCUT2D eigenvalue weighted by molar-refractivity contribution is 5.36. The molecule has 4 nitrogen and oxygen atoms in total. The molecule has 62 valence electrons. The summed E-state index contributed by atoms with van der Waals surface area (Å²) >= 11 is 0. The molecule has 0 unspecified atom stereocenters. The van der Waals surface area contributed by atoms with Crippen molar-refractivity contribution in [3.63, 3.8) is 0 Å². The molecule has 0 amide bonds. The SMILES string of the molecule is CNCc1cn2ccncc2n1. The van der Waals surface area contributed by atoms with Crippen LogP contribution < -0.4 is 5.32 Å². The molecule has 0 atom stereocenters. The van der Waals surface area contributed by atoms with Crippen LogP contribution in [0.5, 0.6) is 0 Å². The average Bonchev–Trinajstić information content (AvgIpc) is 2.47. The van der Waals surface area contributed by atoms with Crippen LogP contribution in [0.2, 0.25) is 0 Å². The molecular weight excluding hydrogens is 152 g/mol. The maximum Gasteiger partial charge on any atom is 0.155 e. The van der Waals surface area contributed by atoms with Gasteiger partial charge in [0.2, 0.25) is 0 Å². The number of aromatic nitrogens is 3. The van der Waals surface area contributed by atoms with Gasteiger partial charge in [-0.1, -0.05) is 0 Å². The number of imidazole rings is 1. The molecule has 2 heterocycles. The van der Waals surface area contributed by atoms with E-state index in [2.05, 4.69) is 15.3 Å². The largest absolute Gasteiger partial charge is 0.314 e. The minimum absolute atomic E-state index is 0.793. The highest BCUT2D eigenvalue weighted by Crippen LogP contribution is 2.01. The summed E-state index contributed by atoms with van der Waals surface area (Å²) in [5, 5.41) is 3.05. The Labute approximate surface area is 70.3 Å². The van der Waals surface area contributed by atoms with Gasteiger partial charge in [0, 0.05) is 25.1 Å². The zero-order chi connectivity index (χ0) is 8.39. The third-order valence-corrected chi connectivity index (χ3v) is 1.67. The molecule has 4 heteroatoms. The molecule has 0 spiro atoms. The van der Waals surface area contributed by atoms with Crippen LogP contribution >= 0.6 is 0 Å². The lowest BCUT2D eigenvalue weighted by Crippen LogP contribution is -2.04. The number of hydrogen-bond acceptors (Lipinski definition) is 3. The maximum absolute atomic E-state index is 4.34. The first kappa shape index (κ1) is 7.24. The van der Waals surface area contributed by atoms with E-state index < -0.39 is 0 Å². The predicted octanol–water partition coefficient (Wildman–Crippen LogP) is 0.449. The molecule has 0 saturated heterocycles. The monoisotopic (exact) mass is 162 g/mol. The van der Waals surface area contributed by atoms with Crippen molar-refractivity contribution in [1.82, 2.24) is 19.7 Å². The lowest BCUT2D eigenvalue weighted by atomic mass is 10.5. The molecule has 0 saturated carbocycles. The molecule has 2 aromatic heterocycles. The zero-order valence-electron chi connectivity index (χ0n) is 6.86. The molecule has 0 radical (unpaired) electrons. The number of hydrogen-bond donors (Lipinski definition) is 1. The summed E-state index contributed by atoms with van der Waals surface area (Å²) in [6.45, 7) is 0.793. The Hall–Kier alpha value is -1.42. The minimum Gasteiger partial charge on any atom is -0.314 e. The Morgan fingerprint density at radius 3 is 3.25 bits per heavy atom. The molecule has 0 aromatic carbocycles. The fourth-order valence-corrected chi connectivity index (χ4v) is 1.16. The lowest BCUT2D eigenvalue weighted by molar-refractivity contribution is 0.798. The molecule has 0 aliphatic rings. The van der Waals surface area contributed by atoms with Gasteiger partial charge in [0.15, 0.2) is 5.65 Å². The summed E-state index contributed by atoms with van der Waals surface area (Å²) in [5.74, 6) is 0. The summed E-state index contributed by atoms with van der Waals surface area (Å²) in [4.78, 5) is 8.32. The van der Waals surface area contributed by atoms with E-state index >= 15 is 0 Å². The van der Waals surface area contributed by atoms with E-state index in [9.17, 15) is 0 Å². The smallest absolute Gasteiger partial charge is 0.155 e. The van der Waals surface area contributed by atoms with Crippen LogP contribution in [0.15, 0.2) is 24.8 Å². The van der Waals surface area contributed by atoms with Crippen LogP contribution in [0.4, 0.5) is 0 Å². The van der Waals surface area contributed by atoms with E-state index in [-0.39, 0.29) is 0 Å². The third kappa shape index (κ3) is 1.16. The van der Waals surface area contributed by atoms with Crippen LogP contribution in [-0.2, 0) is 6.54 Å². The number of rotatable bonds is 2. The summed E-state index contributed by atoms with van der Waals surface area (Å²) in [6.07, 6.45) is 7.38. The Balaban J connectivity index is 2.47. The van der Waals surface area contributed by atoms with Gasteiger partial charge in [-0.3, -0.25) is 4.98 Å². The van der Waals surface area contributed by atoms with E-state index in [0.717, 1.165) is 17.9 Å². The van der Waals surface area contributed by atoms with Crippen molar-refractivity contribution in [2.45, 2.75) is 6.54 Å². The molecule has 0 bridgehead atoms. The number of nitrogens with one attached hydrogen (secondary N) is 1. The van der Waals surface area contributed by atoms with Gasteiger partial charge >= 0.3 is 0 Å². The van der Waals surface area contributed by atoms with Gasteiger partial charge in [-0.25, -0.2) is 4.98 Å². The Morgan fingerprint density at radius 1 is 1.58 bits per heavy atom. The van der Waals surface area contributed by atoms with Gasteiger partial charge < -0.3 is 9.72 Å². The molecular formula is C8H10N4. The van der Waals surface area contributed by atoms with Crippen molar-refractivity contribution in [2.75, 3.05) is 7.05 Å². The van der Waals surface area contributed by atoms with Crippen LogP contribution in [0.25, 0.3) is 5.65 Å². The van der Waals surface area contributed by atoms with Crippen molar-refractivity contribution in [1.29, 1.82) is 0 Å². The third-order valence-electron chi connectivity index (χ3n) is 1.67. The Bertz CT molecular complexity index is 346. The van der Waals surface area contributed by atoms with E-state index in [1.807, 2.05) is 23.8 Å². The van der Waals surface area contributed by atoms with Crippen LogP contribution in [0.3, 0.4) is 0 Å². The molecule has 1 N–H and O–H groups in total. The molecule has 0 aliphatic heterocycles. The first-order valence-corrected chi connectivity index (χ1v) is 3.82. The summed E-state index contributed by atoms with van der Waals surface area (Å²) in [7, 11) is 1.91. The van der Waals surface area contributed by atoms with Crippen LogP contribution in [0.1, 0.15) is 5.69 Å². The highest BCUT2D eigenvalue weighted by atomic mass is 15.0. The Morgan fingerprint density at radius 2 is 2.50 bits per heavy atom. The second-order valence-corrected chi connectivity index (χ2v) is 2.60. The van der Waals surface area contributed by atoms with Gasteiger partial charge in [0.05, 0.1) is 11.9 Å². The quantitative estimate of drug-likeness (QED) is 0.697. The summed E-state index contributed by atoms with van der Waals surface area (Å²) in [6, 6.07) is 0. The first-order valence-electron chi connectivity index (χ1n) is 3.82. The van der Waals surface area contributed by atoms with E-state index in [4.69, 9.17) is 0 Å². The van der Waals surface area contributed by atoms with Crippen LogP contribution in [0, 0.1) is 0 Å². The first-order chi connectivity index (χ1) is 5.90. The van der Waals surface area contributed by atoms with E-state index in [1.54, 1.807) is 12.4 Å². The number of nitrogens with zero attached hydrogens (tertiary/aromatic N) is 3. The zero-order valence-corrected chi connectivity index (χ0v) is 6.86. The standard InChI is InChI=1S/C8H10N4/c1-9-4-7-6-12-3-2-10-5-8(12)11-7/h2-3,5-6,9H,4H2,1H3. The van der Waals surface area contributed by atoms with Crippen molar-refractivity contribution in [3.05, 3.63) is 30.5 Å². The number of fused-ring (bicyclic) bond motifs is 1. The highest BCUT2D eigenvalue weighted by Gasteiger charge is 1.98. The van der Waals surface area contributed by atoms with E-state index in [0.29, 0.717) is 0 Å². The fraction of sp³-hybridized carbons (Fsp3) is 0.250. The minimum atomic E-state index is 0.793. The molecule has 2 rings (SSSR count). The summed E-state index contributed by atoms with van der Waals surface area (Å²) < 4.78 is 1.96. The molecule has 2 aromatic rings. The lowest BCUT2D eigenvalue weighted by Gasteiger charge is -1.88. The maximum atomic E-state index is 4.34. The fourth-order valence-electron chi connectivity index (χ4n) is 1.16. The molecule has 0 aliphatic carbocycles. The van der Waals surface area contributed by atoms with Gasteiger partial charge in [0.25, 0.3) is 0 Å².